The number of ether oxygens (including phenoxy) is 3. The van der Waals surface area contributed by atoms with E-state index in [1.165, 1.54) is 18.4 Å². The van der Waals surface area contributed by atoms with E-state index in [2.05, 4.69) is 13.0 Å². The van der Waals surface area contributed by atoms with Gasteiger partial charge in [-0.05, 0) is 61.6 Å². The minimum atomic E-state index is -0.583. The molecule has 4 nitrogen and oxygen atoms in total. The van der Waals surface area contributed by atoms with Crippen molar-refractivity contribution in [2.45, 2.75) is 57.3 Å². The summed E-state index contributed by atoms with van der Waals surface area (Å²) in [6.07, 6.45) is 4.73. The molecule has 3 aliphatic rings. The number of hydrogen-bond acceptors (Lipinski definition) is 4. The Kier molecular flexibility index (Phi) is 4.21. The lowest BCUT2D eigenvalue weighted by Gasteiger charge is -2.49. The molecule has 4 rings (SSSR count). The van der Waals surface area contributed by atoms with Crippen LogP contribution < -0.4 is 9.47 Å². The van der Waals surface area contributed by atoms with Crippen molar-refractivity contribution in [3.05, 3.63) is 23.3 Å². The molecule has 0 radical (unpaired) electrons. The van der Waals surface area contributed by atoms with Gasteiger partial charge >= 0.3 is 0 Å². The summed E-state index contributed by atoms with van der Waals surface area (Å²) in [4.78, 5) is 0. The van der Waals surface area contributed by atoms with Crippen molar-refractivity contribution >= 4 is 0 Å². The second-order valence-corrected chi connectivity index (χ2v) is 7.69. The smallest absolute Gasteiger partial charge is 0.164 e. The summed E-state index contributed by atoms with van der Waals surface area (Å²) >= 11 is 0. The molecule has 0 spiro atoms. The van der Waals surface area contributed by atoms with Crippen LogP contribution in [0.4, 0.5) is 0 Å². The molecule has 0 aromatic heterocycles. The standard InChI is InChI=1S/C20H28O4/c1-11-12-7-8-16(22-2)19(11)24-20-14-6-4-5-13(9-12)15(14)10-17(23-3)18(20)21/h7-8,13-15,17-18,20-21H,4-6,9-10H2,1-3H3. The van der Waals surface area contributed by atoms with Crippen molar-refractivity contribution in [2.24, 2.45) is 17.8 Å². The molecule has 2 aliphatic carbocycles. The van der Waals surface area contributed by atoms with E-state index in [0.29, 0.717) is 17.8 Å². The highest BCUT2D eigenvalue weighted by Crippen LogP contribution is 2.50. The Balaban J connectivity index is 1.83. The summed E-state index contributed by atoms with van der Waals surface area (Å²) in [5, 5.41) is 10.9. The van der Waals surface area contributed by atoms with Crippen molar-refractivity contribution in [2.75, 3.05) is 14.2 Å². The Morgan fingerprint density at radius 1 is 1.17 bits per heavy atom. The lowest BCUT2D eigenvalue weighted by atomic mass is 9.61. The van der Waals surface area contributed by atoms with E-state index in [9.17, 15) is 5.11 Å². The summed E-state index contributed by atoms with van der Waals surface area (Å²) in [6.45, 7) is 2.12. The average Bonchev–Trinajstić information content (AvgIpc) is 2.60. The van der Waals surface area contributed by atoms with Gasteiger partial charge in [0.05, 0.1) is 13.2 Å². The highest BCUT2D eigenvalue weighted by atomic mass is 16.5. The number of aliphatic hydroxyl groups is 1. The maximum Gasteiger partial charge on any atom is 0.164 e. The fourth-order valence-electron chi connectivity index (χ4n) is 5.34. The highest BCUT2D eigenvalue weighted by Gasteiger charge is 2.50. The molecule has 2 fully saturated rings. The lowest BCUT2D eigenvalue weighted by molar-refractivity contribution is -0.148. The van der Waals surface area contributed by atoms with Crippen LogP contribution in [-0.4, -0.2) is 37.6 Å². The molecule has 0 amide bonds. The molecule has 1 aromatic rings. The fraction of sp³-hybridized carbons (Fsp3) is 0.700. The Morgan fingerprint density at radius 3 is 2.75 bits per heavy atom. The van der Waals surface area contributed by atoms with Gasteiger partial charge in [-0.2, -0.15) is 0 Å². The summed E-state index contributed by atoms with van der Waals surface area (Å²) in [6, 6.07) is 4.20. The van der Waals surface area contributed by atoms with Crippen molar-refractivity contribution in [1.82, 2.24) is 0 Å². The number of benzene rings is 1. The van der Waals surface area contributed by atoms with Gasteiger partial charge in [-0.3, -0.25) is 0 Å². The van der Waals surface area contributed by atoms with Crippen LogP contribution in [-0.2, 0) is 11.2 Å². The van der Waals surface area contributed by atoms with Gasteiger partial charge in [0.15, 0.2) is 11.5 Å². The number of aliphatic hydroxyl groups excluding tert-OH is 1. The van der Waals surface area contributed by atoms with Gasteiger partial charge in [0.25, 0.3) is 0 Å². The van der Waals surface area contributed by atoms with Crippen LogP contribution in [0.15, 0.2) is 12.1 Å². The summed E-state index contributed by atoms with van der Waals surface area (Å²) in [7, 11) is 3.38. The van der Waals surface area contributed by atoms with Crippen molar-refractivity contribution in [1.29, 1.82) is 0 Å². The highest BCUT2D eigenvalue weighted by molar-refractivity contribution is 5.50. The second kappa shape index (κ2) is 6.23. The predicted molar refractivity (Wildman–Crippen MR) is 91.6 cm³/mol. The topological polar surface area (TPSA) is 47.9 Å². The summed E-state index contributed by atoms with van der Waals surface area (Å²) < 4.78 is 17.6. The molecule has 0 saturated heterocycles. The molecule has 132 valence electrons. The van der Waals surface area contributed by atoms with Crippen LogP contribution >= 0.6 is 0 Å². The van der Waals surface area contributed by atoms with Gasteiger partial charge in [0, 0.05) is 13.0 Å². The lowest BCUT2D eigenvalue weighted by Crippen LogP contribution is -2.56. The van der Waals surface area contributed by atoms with Crippen LogP contribution in [0.1, 0.15) is 36.8 Å². The predicted octanol–water partition coefficient (Wildman–Crippen LogP) is 3.12. The quantitative estimate of drug-likeness (QED) is 0.904. The molecule has 6 atom stereocenters. The zero-order chi connectivity index (χ0) is 16.8. The Labute approximate surface area is 144 Å². The first-order valence-electron chi connectivity index (χ1n) is 9.18. The third-order valence-corrected chi connectivity index (χ3v) is 6.65. The molecular weight excluding hydrogens is 304 g/mol. The maximum absolute atomic E-state index is 10.9. The SMILES string of the molecule is COc1ccc2c(C)c1OC1C(O)C(OC)CC3C(CCCC31)C2. The van der Waals surface area contributed by atoms with Gasteiger partial charge in [-0.15, -0.1) is 0 Å². The van der Waals surface area contributed by atoms with Crippen LogP contribution in [0.2, 0.25) is 0 Å². The first-order valence-corrected chi connectivity index (χ1v) is 9.18. The monoisotopic (exact) mass is 332 g/mol. The van der Waals surface area contributed by atoms with Gasteiger partial charge in [-0.1, -0.05) is 12.5 Å². The molecule has 4 heteroatoms. The zero-order valence-corrected chi connectivity index (χ0v) is 14.8. The van der Waals surface area contributed by atoms with Crippen molar-refractivity contribution < 1.29 is 19.3 Å². The van der Waals surface area contributed by atoms with Crippen molar-refractivity contribution in [3.63, 3.8) is 0 Å². The van der Waals surface area contributed by atoms with Gasteiger partial charge in [0.2, 0.25) is 0 Å². The Hall–Kier alpha value is -1.26. The molecule has 6 bridgehead atoms. The molecule has 1 aliphatic heterocycles. The third kappa shape index (κ3) is 2.42. The Bertz CT molecular complexity index is 614. The summed E-state index contributed by atoms with van der Waals surface area (Å²) in [5.74, 6) is 3.19. The van der Waals surface area contributed by atoms with Crippen molar-refractivity contribution in [3.8, 4) is 11.5 Å². The Morgan fingerprint density at radius 2 is 2.00 bits per heavy atom. The zero-order valence-electron chi connectivity index (χ0n) is 14.8. The van der Waals surface area contributed by atoms with Crippen LogP contribution in [0, 0.1) is 24.7 Å². The first-order chi connectivity index (χ1) is 11.6. The van der Waals surface area contributed by atoms with Gasteiger partial charge in [-0.25, -0.2) is 0 Å². The van der Waals surface area contributed by atoms with E-state index < -0.39 is 6.10 Å². The van der Waals surface area contributed by atoms with Crippen LogP contribution in [0.5, 0.6) is 11.5 Å². The number of hydrogen-bond donors (Lipinski definition) is 1. The number of fused-ring (bicyclic) bond motifs is 2. The van der Waals surface area contributed by atoms with Gasteiger partial charge < -0.3 is 19.3 Å². The molecule has 1 aromatic carbocycles. The largest absolute Gasteiger partial charge is 0.493 e. The van der Waals surface area contributed by atoms with E-state index in [1.807, 2.05) is 6.07 Å². The van der Waals surface area contributed by atoms with E-state index in [0.717, 1.165) is 36.3 Å². The van der Waals surface area contributed by atoms with Crippen LogP contribution in [0.25, 0.3) is 0 Å². The molecule has 1 heterocycles. The number of rotatable bonds is 2. The molecule has 1 N–H and O–H groups in total. The molecule has 2 saturated carbocycles. The van der Waals surface area contributed by atoms with E-state index in [1.54, 1.807) is 14.2 Å². The molecule has 6 unspecified atom stereocenters. The van der Waals surface area contributed by atoms with Gasteiger partial charge in [0.1, 0.15) is 12.2 Å². The maximum atomic E-state index is 10.9. The van der Waals surface area contributed by atoms with E-state index in [-0.39, 0.29) is 12.2 Å². The third-order valence-electron chi connectivity index (χ3n) is 6.65. The van der Waals surface area contributed by atoms with E-state index in [4.69, 9.17) is 14.2 Å². The minimum absolute atomic E-state index is 0.139. The minimum Gasteiger partial charge on any atom is -0.493 e. The molecule has 24 heavy (non-hydrogen) atoms. The second-order valence-electron chi connectivity index (χ2n) is 7.69. The van der Waals surface area contributed by atoms with E-state index >= 15 is 0 Å². The van der Waals surface area contributed by atoms with Crippen LogP contribution in [0.3, 0.4) is 0 Å². The molecular formula is C20H28O4. The average molecular weight is 332 g/mol. The number of methoxy groups -OCH3 is 2. The fourth-order valence-corrected chi connectivity index (χ4v) is 5.34. The first kappa shape index (κ1) is 16.2. The normalized spacial score (nSPS) is 37.7. The summed E-state index contributed by atoms with van der Waals surface area (Å²) in [5.41, 5.74) is 2.51.